The van der Waals surface area contributed by atoms with Gasteiger partial charge in [-0.05, 0) is 135 Å². The minimum Gasteiger partial charge on any atom is -0.479 e. The topological polar surface area (TPSA) is 175 Å². The first-order chi connectivity index (χ1) is 40.6. The molecule has 12 nitrogen and oxygen atoms in total. The van der Waals surface area contributed by atoms with E-state index in [1.54, 1.807) is 0 Å². The van der Waals surface area contributed by atoms with E-state index in [1.807, 2.05) is 0 Å². The number of aliphatic hydroxyl groups is 2. The molecule has 0 radical (unpaired) electrons. The maximum atomic E-state index is 13.2. The fourth-order valence-electron chi connectivity index (χ4n) is 9.02. The lowest BCUT2D eigenvalue weighted by Gasteiger charge is -2.40. The zero-order chi connectivity index (χ0) is 60.3. The number of carbonyl (C=O) groups excluding carboxylic acids is 3. The predicted molar refractivity (Wildman–Crippen MR) is 340 cm³/mol. The molecule has 0 saturated carbocycles. The zero-order valence-corrected chi connectivity index (χ0v) is 51.9. The van der Waals surface area contributed by atoms with Gasteiger partial charge in [0.05, 0.1) is 6.61 Å². The van der Waals surface area contributed by atoms with Gasteiger partial charge in [0.15, 0.2) is 24.6 Å². The van der Waals surface area contributed by atoms with Crippen molar-refractivity contribution < 1.29 is 58.2 Å². The second-order valence-electron chi connectivity index (χ2n) is 21.7. The van der Waals surface area contributed by atoms with Crippen LogP contribution in [0.25, 0.3) is 0 Å². The number of carboxylic acids is 1. The molecule has 1 aliphatic heterocycles. The van der Waals surface area contributed by atoms with Gasteiger partial charge in [-0.3, -0.25) is 14.4 Å². The molecule has 0 aromatic rings. The van der Waals surface area contributed by atoms with E-state index in [4.69, 9.17) is 23.7 Å². The molecule has 1 saturated heterocycles. The van der Waals surface area contributed by atoms with Crippen LogP contribution in [0.4, 0.5) is 0 Å². The van der Waals surface area contributed by atoms with Gasteiger partial charge in [0.25, 0.3) is 0 Å². The lowest BCUT2D eigenvalue weighted by molar-refractivity contribution is -0.301. The number of carboxylic acid groups (broad SMARTS) is 1. The van der Waals surface area contributed by atoms with Crippen LogP contribution in [-0.4, -0.2) is 89.2 Å². The van der Waals surface area contributed by atoms with Gasteiger partial charge in [-0.15, -0.1) is 0 Å². The van der Waals surface area contributed by atoms with Gasteiger partial charge >= 0.3 is 23.9 Å². The summed E-state index contributed by atoms with van der Waals surface area (Å²) < 4.78 is 28.5. The van der Waals surface area contributed by atoms with Crippen LogP contribution < -0.4 is 0 Å². The van der Waals surface area contributed by atoms with E-state index in [0.29, 0.717) is 19.3 Å². The fourth-order valence-corrected chi connectivity index (χ4v) is 9.02. The fraction of sp³-hybridized carbons (Fsp3) is 0.662. The number of aliphatic hydroxyl groups excluding tert-OH is 2. The van der Waals surface area contributed by atoms with Gasteiger partial charge in [-0.25, -0.2) is 4.79 Å². The van der Waals surface area contributed by atoms with Crippen molar-refractivity contribution in [1.29, 1.82) is 0 Å². The summed E-state index contributed by atoms with van der Waals surface area (Å²) >= 11 is 0. The molecule has 6 unspecified atom stereocenters. The Bertz CT molecular complexity index is 1900. The molecule has 0 spiro atoms. The largest absolute Gasteiger partial charge is 0.479 e. The quantitative estimate of drug-likeness (QED) is 0.0228. The molecule has 3 N–H and O–H groups in total. The first-order valence-electron chi connectivity index (χ1n) is 32.5. The number of esters is 3. The maximum Gasteiger partial charge on any atom is 0.335 e. The van der Waals surface area contributed by atoms with E-state index in [2.05, 4.69) is 142 Å². The van der Waals surface area contributed by atoms with Gasteiger partial charge in [-0.2, -0.15) is 0 Å². The second-order valence-corrected chi connectivity index (χ2v) is 21.7. The standard InChI is InChI=1S/C71H114O12/c1-4-7-10-13-16-19-22-25-28-30-32-34-37-39-42-45-48-51-54-57-63(72)79-60-62(81-64(73)58-55-52-49-46-43-40-36-27-24-21-18-15-12-9-6-3)61-80-71-69(67(76)66(75)68(83-71)70(77)78)82-65(74)59-56-53-50-47-44-41-38-35-33-31-29-26-23-20-17-14-11-8-5-2/h8,11,16-21,25-29,32-36,41,44,62,66-69,71,75-76H,4-7,9-10,12-15,22-24,30-31,37-40,42-43,45-61H2,1-3H3,(H,77,78)/b11-8-,19-16-,20-17-,21-18-,28-25-,29-26-,34-32-,35-33-,36-27-,44-41-. The van der Waals surface area contributed by atoms with Crippen LogP contribution >= 0.6 is 0 Å². The number of allylic oxidation sites excluding steroid dienone is 20. The Labute approximate surface area is 503 Å². The molecule has 1 heterocycles. The minimum absolute atomic E-state index is 0.0122. The van der Waals surface area contributed by atoms with E-state index in [-0.39, 0.29) is 25.9 Å². The first-order valence-corrected chi connectivity index (χ1v) is 32.5. The Kier molecular flexibility index (Phi) is 52.8. The molecular formula is C71H114O12. The van der Waals surface area contributed by atoms with Crippen molar-refractivity contribution in [2.45, 2.75) is 289 Å². The lowest BCUT2D eigenvalue weighted by Crippen LogP contribution is -2.61. The highest BCUT2D eigenvalue weighted by Gasteiger charge is 2.50. The van der Waals surface area contributed by atoms with Crippen LogP contribution in [0, 0.1) is 0 Å². The molecule has 6 atom stereocenters. The van der Waals surface area contributed by atoms with Crippen molar-refractivity contribution in [2.75, 3.05) is 13.2 Å². The van der Waals surface area contributed by atoms with Gasteiger partial charge in [0.1, 0.15) is 18.8 Å². The van der Waals surface area contributed by atoms with Gasteiger partial charge < -0.3 is 39.0 Å². The molecule has 470 valence electrons. The average molecular weight is 1160 g/mol. The highest BCUT2D eigenvalue weighted by Crippen LogP contribution is 2.26. The third kappa shape index (κ3) is 47.1. The molecule has 12 heteroatoms. The van der Waals surface area contributed by atoms with Gasteiger partial charge in [0.2, 0.25) is 0 Å². The van der Waals surface area contributed by atoms with E-state index in [9.17, 15) is 34.5 Å². The Hall–Kier alpha value is -4.88. The van der Waals surface area contributed by atoms with Crippen molar-refractivity contribution in [3.8, 4) is 0 Å². The van der Waals surface area contributed by atoms with Crippen molar-refractivity contribution in [2.24, 2.45) is 0 Å². The number of rotatable bonds is 54. The predicted octanol–water partition coefficient (Wildman–Crippen LogP) is 17.6. The summed E-state index contributed by atoms with van der Waals surface area (Å²) in [5, 5.41) is 31.6. The normalized spacial score (nSPS) is 18.4. The SMILES string of the molecule is CC/C=C\C/C=C\C/C=C\C/C=C\C/C=C\CCCCCC(=O)OC1C(OCC(COC(=O)CCCCCCCC/C=C\C/C=C\C/C=C\CCCCC)OC(=O)CCCCCCC/C=C\C/C=C\CCCCC)OC(C(=O)O)C(O)C1O. The number of ether oxygens (including phenoxy) is 5. The number of hydrogen-bond acceptors (Lipinski definition) is 11. The molecular weight excluding hydrogens is 1040 g/mol. The number of aliphatic carboxylic acids is 1. The van der Waals surface area contributed by atoms with E-state index < -0.39 is 67.3 Å². The van der Waals surface area contributed by atoms with Crippen molar-refractivity contribution in [3.05, 3.63) is 122 Å². The van der Waals surface area contributed by atoms with Gasteiger partial charge in [-0.1, -0.05) is 219 Å². The van der Waals surface area contributed by atoms with Crippen molar-refractivity contribution in [1.82, 2.24) is 0 Å². The molecule has 0 aromatic carbocycles. The molecule has 0 aliphatic carbocycles. The molecule has 0 aromatic heterocycles. The maximum absolute atomic E-state index is 13.2. The molecule has 1 rings (SSSR count). The van der Waals surface area contributed by atoms with Crippen LogP contribution in [0.2, 0.25) is 0 Å². The van der Waals surface area contributed by atoms with Crippen LogP contribution in [0.15, 0.2) is 122 Å². The lowest BCUT2D eigenvalue weighted by atomic mass is 9.98. The number of hydrogen-bond donors (Lipinski definition) is 3. The monoisotopic (exact) mass is 1160 g/mol. The van der Waals surface area contributed by atoms with Crippen LogP contribution in [0.3, 0.4) is 0 Å². The average Bonchev–Trinajstić information content (AvgIpc) is 3.60. The summed E-state index contributed by atoms with van der Waals surface area (Å²) in [6.07, 6.45) is 67.2. The molecule has 1 aliphatic rings. The summed E-state index contributed by atoms with van der Waals surface area (Å²) in [6.45, 7) is 5.80. The highest BCUT2D eigenvalue weighted by atomic mass is 16.7. The van der Waals surface area contributed by atoms with Crippen molar-refractivity contribution >= 4 is 23.9 Å². The van der Waals surface area contributed by atoms with E-state index >= 15 is 0 Å². The van der Waals surface area contributed by atoms with Crippen LogP contribution in [0.5, 0.6) is 0 Å². The minimum atomic E-state index is -1.93. The van der Waals surface area contributed by atoms with E-state index in [1.165, 1.54) is 44.9 Å². The molecule has 0 amide bonds. The Morgan fingerprint density at radius 3 is 1.17 bits per heavy atom. The third-order valence-electron chi connectivity index (χ3n) is 14.0. The number of carbonyl (C=O) groups is 4. The third-order valence-corrected chi connectivity index (χ3v) is 14.0. The zero-order valence-electron chi connectivity index (χ0n) is 51.9. The highest BCUT2D eigenvalue weighted by molar-refractivity contribution is 5.74. The van der Waals surface area contributed by atoms with Crippen molar-refractivity contribution in [3.63, 3.8) is 0 Å². The second kappa shape index (κ2) is 57.5. The molecule has 1 fully saturated rings. The van der Waals surface area contributed by atoms with E-state index in [0.717, 1.165) is 148 Å². The number of unbranched alkanes of at least 4 members (excludes halogenated alkanes) is 20. The smallest absolute Gasteiger partial charge is 0.335 e. The summed E-state index contributed by atoms with van der Waals surface area (Å²) in [5.74, 6) is -3.21. The summed E-state index contributed by atoms with van der Waals surface area (Å²) in [4.78, 5) is 51.3. The summed E-state index contributed by atoms with van der Waals surface area (Å²) in [7, 11) is 0. The van der Waals surface area contributed by atoms with Crippen LogP contribution in [0.1, 0.15) is 252 Å². The molecule has 83 heavy (non-hydrogen) atoms. The Morgan fingerprint density at radius 2 is 0.759 bits per heavy atom. The summed E-state index contributed by atoms with van der Waals surface area (Å²) in [6, 6.07) is 0. The Morgan fingerprint density at radius 1 is 0.410 bits per heavy atom. The molecule has 0 bridgehead atoms. The Balaban J connectivity index is 2.70. The van der Waals surface area contributed by atoms with Gasteiger partial charge in [0, 0.05) is 19.3 Å². The summed E-state index contributed by atoms with van der Waals surface area (Å²) in [5.41, 5.74) is 0. The van der Waals surface area contributed by atoms with Crippen LogP contribution in [-0.2, 0) is 42.9 Å². The first kappa shape index (κ1) is 76.1.